The third kappa shape index (κ3) is 2.18. The highest BCUT2D eigenvalue weighted by molar-refractivity contribution is 7.71. The first-order valence-electron chi connectivity index (χ1n) is 6.32. The molecule has 1 aromatic carbocycles. The number of piperidine rings is 1. The number of aromatic nitrogens is 3. The molecule has 0 amide bonds. The van der Waals surface area contributed by atoms with Crippen LogP contribution in [0.1, 0.15) is 19.3 Å². The summed E-state index contributed by atoms with van der Waals surface area (Å²) in [6.07, 6.45) is 5.67. The van der Waals surface area contributed by atoms with Gasteiger partial charge in [0.25, 0.3) is 0 Å². The maximum Gasteiger partial charge on any atom is 0.199 e. The van der Waals surface area contributed by atoms with Gasteiger partial charge in [0.1, 0.15) is 6.33 Å². The molecule has 1 saturated heterocycles. The van der Waals surface area contributed by atoms with E-state index in [1.54, 1.807) is 6.33 Å². The zero-order valence-corrected chi connectivity index (χ0v) is 11.0. The van der Waals surface area contributed by atoms with Crippen molar-refractivity contribution in [3.63, 3.8) is 0 Å². The predicted molar refractivity (Wildman–Crippen MR) is 74.8 cm³/mol. The van der Waals surface area contributed by atoms with Gasteiger partial charge in [0.15, 0.2) is 4.77 Å². The highest BCUT2D eigenvalue weighted by atomic mass is 32.1. The van der Waals surface area contributed by atoms with Crippen molar-refractivity contribution in [1.82, 2.24) is 14.8 Å². The van der Waals surface area contributed by atoms with Gasteiger partial charge < -0.3 is 4.90 Å². The number of anilines is 1. The molecule has 4 nitrogen and oxygen atoms in total. The predicted octanol–water partition coefficient (Wildman–Crippen LogP) is 2.92. The van der Waals surface area contributed by atoms with Crippen LogP contribution in [0.2, 0.25) is 0 Å². The Morgan fingerprint density at radius 2 is 1.67 bits per heavy atom. The first-order valence-corrected chi connectivity index (χ1v) is 6.73. The number of rotatable bonds is 2. The molecule has 0 radical (unpaired) electrons. The molecule has 0 atom stereocenters. The molecular weight excluding hydrogens is 244 g/mol. The van der Waals surface area contributed by atoms with Gasteiger partial charge in [0.2, 0.25) is 0 Å². The van der Waals surface area contributed by atoms with Crippen molar-refractivity contribution in [3.05, 3.63) is 35.4 Å². The van der Waals surface area contributed by atoms with Crippen molar-refractivity contribution >= 4 is 17.9 Å². The molecule has 0 aliphatic carbocycles. The van der Waals surface area contributed by atoms with Crippen LogP contribution in [-0.4, -0.2) is 27.9 Å². The van der Waals surface area contributed by atoms with Crippen LogP contribution >= 0.6 is 12.2 Å². The number of hydrogen-bond donors (Lipinski definition) is 1. The SMILES string of the molecule is S=c1[nH]ncn1-c1ccc(N2CCCCC2)cc1. The molecule has 0 unspecified atom stereocenters. The average molecular weight is 260 g/mol. The zero-order valence-electron chi connectivity index (χ0n) is 10.2. The van der Waals surface area contributed by atoms with Gasteiger partial charge in [-0.25, -0.2) is 0 Å². The molecule has 0 saturated carbocycles. The fraction of sp³-hybridized carbons (Fsp3) is 0.385. The van der Waals surface area contributed by atoms with Crippen LogP contribution in [0.25, 0.3) is 5.69 Å². The molecule has 1 N–H and O–H groups in total. The van der Waals surface area contributed by atoms with Crippen LogP contribution in [0.4, 0.5) is 5.69 Å². The number of aromatic amines is 1. The van der Waals surface area contributed by atoms with Gasteiger partial charge in [0.05, 0.1) is 0 Å². The van der Waals surface area contributed by atoms with Crippen LogP contribution in [0.15, 0.2) is 30.6 Å². The smallest absolute Gasteiger partial charge is 0.199 e. The molecule has 3 rings (SSSR count). The minimum atomic E-state index is 0.626. The van der Waals surface area contributed by atoms with E-state index >= 15 is 0 Å². The normalized spacial score (nSPS) is 15.9. The van der Waals surface area contributed by atoms with Crippen molar-refractivity contribution < 1.29 is 0 Å². The van der Waals surface area contributed by atoms with E-state index in [0.29, 0.717) is 4.77 Å². The Kier molecular flexibility index (Phi) is 3.15. The van der Waals surface area contributed by atoms with E-state index in [1.165, 1.54) is 38.0 Å². The molecule has 18 heavy (non-hydrogen) atoms. The highest BCUT2D eigenvalue weighted by Gasteiger charge is 2.10. The second-order valence-corrected chi connectivity index (χ2v) is 4.98. The van der Waals surface area contributed by atoms with Crippen molar-refractivity contribution in [3.8, 4) is 5.69 Å². The van der Waals surface area contributed by atoms with Crippen molar-refractivity contribution in [2.24, 2.45) is 0 Å². The standard InChI is InChI=1S/C13H16N4S/c18-13-15-14-10-17(13)12-6-4-11(5-7-12)16-8-2-1-3-9-16/h4-7,10H,1-3,8-9H2,(H,15,18). The first-order chi connectivity index (χ1) is 8.84. The number of benzene rings is 1. The van der Waals surface area contributed by atoms with Crippen molar-refractivity contribution in [2.45, 2.75) is 19.3 Å². The summed E-state index contributed by atoms with van der Waals surface area (Å²) in [4.78, 5) is 2.45. The molecule has 5 heteroatoms. The van der Waals surface area contributed by atoms with E-state index in [4.69, 9.17) is 12.2 Å². The second kappa shape index (κ2) is 4.94. The van der Waals surface area contributed by atoms with Gasteiger partial charge in [-0.1, -0.05) is 0 Å². The van der Waals surface area contributed by atoms with Crippen molar-refractivity contribution in [1.29, 1.82) is 0 Å². The molecule has 1 aromatic heterocycles. The minimum Gasteiger partial charge on any atom is -0.372 e. The Bertz CT molecular complexity index is 563. The summed E-state index contributed by atoms with van der Waals surface area (Å²) in [5.74, 6) is 0. The van der Waals surface area contributed by atoms with Crippen LogP contribution < -0.4 is 4.90 Å². The summed E-state index contributed by atoms with van der Waals surface area (Å²) in [7, 11) is 0. The number of H-pyrrole nitrogens is 1. The Morgan fingerprint density at radius 1 is 1.00 bits per heavy atom. The molecule has 0 spiro atoms. The monoisotopic (exact) mass is 260 g/mol. The molecular formula is C13H16N4S. The first kappa shape index (κ1) is 11.5. The number of hydrogen-bond acceptors (Lipinski definition) is 3. The van der Waals surface area contributed by atoms with Gasteiger partial charge in [-0.3, -0.25) is 9.67 Å². The van der Waals surface area contributed by atoms with E-state index in [-0.39, 0.29) is 0 Å². The maximum absolute atomic E-state index is 5.16. The molecule has 94 valence electrons. The number of nitrogens with one attached hydrogen (secondary N) is 1. The topological polar surface area (TPSA) is 36.9 Å². The molecule has 0 bridgehead atoms. The van der Waals surface area contributed by atoms with E-state index in [2.05, 4.69) is 39.4 Å². The lowest BCUT2D eigenvalue weighted by Gasteiger charge is -2.28. The van der Waals surface area contributed by atoms with Crippen LogP contribution in [0.3, 0.4) is 0 Å². The summed E-state index contributed by atoms with van der Waals surface area (Å²) >= 11 is 5.16. The molecule has 1 fully saturated rings. The van der Waals surface area contributed by atoms with Crippen LogP contribution in [0, 0.1) is 4.77 Å². The second-order valence-electron chi connectivity index (χ2n) is 4.60. The van der Waals surface area contributed by atoms with Gasteiger partial charge in [0, 0.05) is 24.5 Å². The van der Waals surface area contributed by atoms with Crippen molar-refractivity contribution in [2.75, 3.05) is 18.0 Å². The molecule has 2 heterocycles. The maximum atomic E-state index is 5.16. The van der Waals surface area contributed by atoms with Gasteiger partial charge in [-0.05, 0) is 55.7 Å². The Hall–Kier alpha value is -1.62. The Balaban J connectivity index is 1.85. The number of nitrogens with zero attached hydrogens (tertiary/aromatic N) is 3. The molecule has 2 aromatic rings. The molecule has 1 aliphatic heterocycles. The minimum absolute atomic E-state index is 0.626. The zero-order chi connectivity index (χ0) is 12.4. The summed E-state index contributed by atoms with van der Waals surface area (Å²) in [6, 6.07) is 8.51. The third-order valence-corrected chi connectivity index (χ3v) is 3.69. The lowest BCUT2D eigenvalue weighted by Crippen LogP contribution is -2.29. The van der Waals surface area contributed by atoms with Crippen LogP contribution in [0.5, 0.6) is 0 Å². The third-order valence-electron chi connectivity index (χ3n) is 3.40. The van der Waals surface area contributed by atoms with E-state index in [0.717, 1.165) is 5.69 Å². The van der Waals surface area contributed by atoms with Crippen LogP contribution in [-0.2, 0) is 0 Å². The fourth-order valence-corrected chi connectivity index (χ4v) is 2.61. The fourth-order valence-electron chi connectivity index (χ4n) is 2.41. The summed E-state index contributed by atoms with van der Waals surface area (Å²) in [5, 5.41) is 6.70. The van der Waals surface area contributed by atoms with Gasteiger partial charge >= 0.3 is 0 Å². The van der Waals surface area contributed by atoms with Gasteiger partial charge in [-0.15, -0.1) is 0 Å². The summed E-state index contributed by atoms with van der Waals surface area (Å²) in [5.41, 5.74) is 2.35. The van der Waals surface area contributed by atoms with E-state index < -0.39 is 0 Å². The largest absolute Gasteiger partial charge is 0.372 e. The van der Waals surface area contributed by atoms with E-state index in [1.807, 2.05) is 4.57 Å². The highest BCUT2D eigenvalue weighted by Crippen LogP contribution is 2.21. The summed E-state index contributed by atoms with van der Waals surface area (Å²) < 4.78 is 2.50. The van der Waals surface area contributed by atoms with E-state index in [9.17, 15) is 0 Å². The Labute approximate surface area is 111 Å². The molecule has 1 aliphatic rings. The Morgan fingerprint density at radius 3 is 2.28 bits per heavy atom. The average Bonchev–Trinajstić information content (AvgIpc) is 2.86. The quantitative estimate of drug-likeness (QED) is 0.844. The van der Waals surface area contributed by atoms with Gasteiger partial charge in [-0.2, -0.15) is 5.10 Å². The lowest BCUT2D eigenvalue weighted by molar-refractivity contribution is 0.578. The summed E-state index contributed by atoms with van der Waals surface area (Å²) in [6.45, 7) is 2.34. The lowest BCUT2D eigenvalue weighted by atomic mass is 10.1.